The van der Waals surface area contributed by atoms with Crippen LogP contribution in [0.4, 0.5) is 8.78 Å². The molecule has 0 atom stereocenters. The van der Waals surface area contributed by atoms with Gasteiger partial charge in [-0.3, -0.25) is 0 Å². The molecule has 0 aliphatic rings. The standard InChI is InChI=1S/C7H3Cl3F2.C2H6/c1-2-3(8)6(11)5(10)7(12)4(2)9;1-2/h1H3;1-2H3. The zero-order valence-electron chi connectivity index (χ0n) is 7.89. The van der Waals surface area contributed by atoms with E-state index in [2.05, 4.69) is 0 Å². The van der Waals surface area contributed by atoms with Gasteiger partial charge in [0.15, 0.2) is 11.6 Å². The molecule has 0 aliphatic carbocycles. The van der Waals surface area contributed by atoms with E-state index in [1.54, 1.807) is 0 Å². The Labute approximate surface area is 96.8 Å². The minimum absolute atomic E-state index is 0.151. The third kappa shape index (κ3) is 2.50. The van der Waals surface area contributed by atoms with Crippen LogP contribution in [0.1, 0.15) is 19.4 Å². The van der Waals surface area contributed by atoms with Crippen LogP contribution in [0.3, 0.4) is 0 Å². The Bertz CT molecular complexity index is 232. The predicted molar refractivity (Wildman–Crippen MR) is 57.5 cm³/mol. The van der Waals surface area contributed by atoms with E-state index in [9.17, 15) is 8.78 Å². The van der Waals surface area contributed by atoms with Gasteiger partial charge >= 0.3 is 0 Å². The Kier molecular flexibility index (Phi) is 5.72. The molecule has 0 amide bonds. The lowest BCUT2D eigenvalue weighted by Gasteiger charge is -2.05. The van der Waals surface area contributed by atoms with E-state index >= 15 is 0 Å². The van der Waals surface area contributed by atoms with Crippen molar-refractivity contribution in [2.75, 3.05) is 0 Å². The van der Waals surface area contributed by atoms with Gasteiger partial charge in [0.05, 0.1) is 10.0 Å². The molecule has 0 nitrogen and oxygen atoms in total. The van der Waals surface area contributed by atoms with Gasteiger partial charge in [-0.05, 0) is 12.5 Å². The number of benzene rings is 1. The molecule has 1 aromatic rings. The van der Waals surface area contributed by atoms with Crippen molar-refractivity contribution in [3.63, 3.8) is 0 Å². The summed E-state index contributed by atoms with van der Waals surface area (Å²) in [5, 5.41) is -1.16. The summed E-state index contributed by atoms with van der Waals surface area (Å²) in [6.45, 7) is 5.41. The van der Waals surface area contributed by atoms with Crippen LogP contribution in [0.25, 0.3) is 0 Å². The molecule has 0 saturated heterocycles. The topological polar surface area (TPSA) is 0 Å². The van der Waals surface area contributed by atoms with Crippen LogP contribution in [-0.2, 0) is 0 Å². The first kappa shape index (κ1) is 13.9. The molecule has 0 saturated carbocycles. The SMILES string of the molecule is CC.Cc1c(Cl)c(F)c(Cl)c(F)c1Cl. The van der Waals surface area contributed by atoms with Crippen molar-refractivity contribution in [1.29, 1.82) is 0 Å². The van der Waals surface area contributed by atoms with Gasteiger partial charge < -0.3 is 0 Å². The van der Waals surface area contributed by atoms with Gasteiger partial charge in [0.25, 0.3) is 0 Å². The normalized spacial score (nSPS) is 9.43. The zero-order chi connectivity index (χ0) is 11.5. The van der Waals surface area contributed by atoms with E-state index in [-0.39, 0.29) is 15.6 Å². The molecular formula is C9H9Cl3F2. The third-order valence-electron chi connectivity index (χ3n) is 1.43. The van der Waals surface area contributed by atoms with Crippen LogP contribution in [-0.4, -0.2) is 0 Å². The molecule has 80 valence electrons. The van der Waals surface area contributed by atoms with Crippen molar-refractivity contribution in [3.8, 4) is 0 Å². The Morgan fingerprint density at radius 3 is 1.36 bits per heavy atom. The molecule has 0 aliphatic heterocycles. The van der Waals surface area contributed by atoms with Crippen LogP contribution < -0.4 is 0 Å². The molecule has 1 rings (SSSR count). The predicted octanol–water partition coefficient (Wildman–Crippen LogP) is 5.26. The molecule has 5 heteroatoms. The van der Waals surface area contributed by atoms with Crippen molar-refractivity contribution in [2.24, 2.45) is 0 Å². The van der Waals surface area contributed by atoms with Gasteiger partial charge in [-0.25, -0.2) is 8.78 Å². The second kappa shape index (κ2) is 5.74. The van der Waals surface area contributed by atoms with E-state index in [1.165, 1.54) is 6.92 Å². The largest absolute Gasteiger partial charge is 0.204 e. The molecule has 0 fully saturated rings. The van der Waals surface area contributed by atoms with Crippen LogP contribution in [0, 0.1) is 18.6 Å². The lowest BCUT2D eigenvalue weighted by molar-refractivity contribution is 0.583. The Balaban J connectivity index is 0.000000791. The molecule has 0 N–H and O–H groups in total. The molecule has 0 radical (unpaired) electrons. The highest BCUT2D eigenvalue weighted by Gasteiger charge is 2.18. The van der Waals surface area contributed by atoms with Crippen molar-refractivity contribution < 1.29 is 8.78 Å². The monoisotopic (exact) mass is 260 g/mol. The Morgan fingerprint density at radius 2 is 1.07 bits per heavy atom. The van der Waals surface area contributed by atoms with E-state index in [0.717, 1.165) is 0 Å². The molecule has 14 heavy (non-hydrogen) atoms. The Hall–Kier alpha value is -0.0500. The first-order valence-electron chi connectivity index (χ1n) is 3.94. The van der Waals surface area contributed by atoms with E-state index in [1.807, 2.05) is 13.8 Å². The summed E-state index contributed by atoms with van der Waals surface area (Å²) in [6.07, 6.45) is 0. The summed E-state index contributed by atoms with van der Waals surface area (Å²) in [5.41, 5.74) is 0.151. The highest BCUT2D eigenvalue weighted by Crippen LogP contribution is 2.34. The molecule has 0 spiro atoms. The first-order valence-corrected chi connectivity index (χ1v) is 5.08. The highest BCUT2D eigenvalue weighted by molar-refractivity contribution is 6.39. The maximum absolute atomic E-state index is 12.9. The fourth-order valence-corrected chi connectivity index (χ4v) is 1.43. The smallest absolute Gasteiger partial charge is 0.163 e. The molecule has 0 unspecified atom stereocenters. The Morgan fingerprint density at radius 1 is 0.786 bits per heavy atom. The molecule has 1 aromatic carbocycles. The van der Waals surface area contributed by atoms with Gasteiger partial charge in [-0.15, -0.1) is 0 Å². The van der Waals surface area contributed by atoms with Crippen LogP contribution in [0.2, 0.25) is 15.1 Å². The minimum atomic E-state index is -0.974. The maximum atomic E-state index is 12.9. The average Bonchev–Trinajstić information content (AvgIpc) is 2.24. The van der Waals surface area contributed by atoms with Crippen molar-refractivity contribution in [3.05, 3.63) is 32.3 Å². The van der Waals surface area contributed by atoms with Gasteiger partial charge in [-0.2, -0.15) is 0 Å². The van der Waals surface area contributed by atoms with Crippen LogP contribution in [0.5, 0.6) is 0 Å². The summed E-state index contributed by atoms with van der Waals surface area (Å²) in [6, 6.07) is 0. The lowest BCUT2D eigenvalue weighted by atomic mass is 10.2. The molecular weight excluding hydrogens is 252 g/mol. The molecule has 0 bridgehead atoms. The summed E-state index contributed by atoms with van der Waals surface area (Å²) in [7, 11) is 0. The van der Waals surface area contributed by atoms with Gasteiger partial charge in [0.1, 0.15) is 5.02 Å². The van der Waals surface area contributed by atoms with Gasteiger partial charge in [0.2, 0.25) is 0 Å². The fraction of sp³-hybridized carbons (Fsp3) is 0.333. The quantitative estimate of drug-likeness (QED) is 0.441. The number of hydrogen-bond donors (Lipinski definition) is 0. The third-order valence-corrected chi connectivity index (χ3v) is 2.66. The summed E-state index contributed by atoms with van der Waals surface area (Å²) in [5.74, 6) is -1.95. The summed E-state index contributed by atoms with van der Waals surface area (Å²) >= 11 is 16.1. The average molecular weight is 262 g/mol. The second-order valence-corrected chi connectivity index (χ2v) is 3.33. The lowest BCUT2D eigenvalue weighted by Crippen LogP contribution is -1.91. The molecule has 0 aromatic heterocycles. The van der Waals surface area contributed by atoms with Crippen molar-refractivity contribution in [1.82, 2.24) is 0 Å². The van der Waals surface area contributed by atoms with Crippen LogP contribution >= 0.6 is 34.8 Å². The summed E-state index contributed by atoms with van der Waals surface area (Å²) in [4.78, 5) is 0. The van der Waals surface area contributed by atoms with Crippen LogP contribution in [0.15, 0.2) is 0 Å². The molecule has 0 heterocycles. The van der Waals surface area contributed by atoms with Crippen molar-refractivity contribution >= 4 is 34.8 Å². The number of rotatable bonds is 0. The first-order chi connectivity index (χ1) is 6.46. The number of hydrogen-bond acceptors (Lipinski definition) is 0. The van der Waals surface area contributed by atoms with Gasteiger partial charge in [-0.1, -0.05) is 48.7 Å². The maximum Gasteiger partial charge on any atom is 0.163 e. The van der Waals surface area contributed by atoms with E-state index < -0.39 is 16.7 Å². The second-order valence-electron chi connectivity index (χ2n) is 2.19. The van der Waals surface area contributed by atoms with Crippen molar-refractivity contribution in [2.45, 2.75) is 20.8 Å². The number of halogens is 5. The fourth-order valence-electron chi connectivity index (χ4n) is 0.715. The minimum Gasteiger partial charge on any atom is -0.204 e. The van der Waals surface area contributed by atoms with E-state index in [4.69, 9.17) is 34.8 Å². The van der Waals surface area contributed by atoms with E-state index in [0.29, 0.717) is 0 Å². The van der Waals surface area contributed by atoms with Gasteiger partial charge in [0, 0.05) is 0 Å². The summed E-state index contributed by atoms with van der Waals surface area (Å²) < 4.78 is 25.7. The zero-order valence-corrected chi connectivity index (χ0v) is 10.2. The highest BCUT2D eigenvalue weighted by atomic mass is 35.5.